The molecule has 2 heteroatoms. The van der Waals surface area contributed by atoms with Gasteiger partial charge in [0, 0.05) is 16.8 Å². The second kappa shape index (κ2) is 6.81. The first-order valence-corrected chi connectivity index (χ1v) is 7.54. The molecule has 0 heterocycles. The lowest BCUT2D eigenvalue weighted by Crippen LogP contribution is -2.19. The summed E-state index contributed by atoms with van der Waals surface area (Å²) >= 11 is 5.92. The van der Waals surface area contributed by atoms with Gasteiger partial charge in [-0.15, -0.1) is 0 Å². The molecule has 0 radical (unpaired) electrons. The van der Waals surface area contributed by atoms with Gasteiger partial charge in [-0.2, -0.15) is 0 Å². The van der Waals surface area contributed by atoms with Gasteiger partial charge in [-0.3, -0.25) is 0 Å². The fourth-order valence-corrected chi connectivity index (χ4v) is 2.55. The number of halogens is 1. The Kier molecular flexibility index (Phi) is 5.08. The van der Waals surface area contributed by atoms with Crippen LogP contribution in [0.4, 0.5) is 5.69 Å². The molecule has 0 fully saturated rings. The van der Waals surface area contributed by atoms with Gasteiger partial charge < -0.3 is 5.32 Å². The van der Waals surface area contributed by atoms with Crippen LogP contribution in [-0.4, -0.2) is 6.04 Å². The van der Waals surface area contributed by atoms with E-state index in [-0.39, 0.29) is 0 Å². The fourth-order valence-electron chi connectivity index (χ4n) is 2.42. The summed E-state index contributed by atoms with van der Waals surface area (Å²) in [6, 6.07) is 17.0. The van der Waals surface area contributed by atoms with Crippen molar-refractivity contribution in [2.75, 3.05) is 5.32 Å². The van der Waals surface area contributed by atoms with E-state index in [9.17, 15) is 0 Å². The van der Waals surface area contributed by atoms with Crippen molar-refractivity contribution in [2.24, 2.45) is 0 Å². The van der Waals surface area contributed by atoms with Gasteiger partial charge in [-0.25, -0.2) is 0 Å². The monoisotopic (exact) mass is 287 g/mol. The van der Waals surface area contributed by atoms with Crippen LogP contribution in [0.2, 0.25) is 5.02 Å². The average molecular weight is 288 g/mol. The summed E-state index contributed by atoms with van der Waals surface area (Å²) in [5, 5.41) is 4.41. The molecule has 0 aliphatic rings. The third-order valence-corrected chi connectivity index (χ3v) is 3.69. The molecule has 0 saturated heterocycles. The van der Waals surface area contributed by atoms with E-state index in [0.717, 1.165) is 11.4 Å². The predicted molar refractivity (Wildman–Crippen MR) is 88.8 cm³/mol. The average Bonchev–Trinajstić information content (AvgIpc) is 2.41. The number of anilines is 1. The second-order valence-electron chi connectivity index (χ2n) is 5.62. The summed E-state index contributed by atoms with van der Waals surface area (Å²) in [5.74, 6) is 0.529. The van der Waals surface area contributed by atoms with Crippen LogP contribution in [0.5, 0.6) is 0 Å². The molecule has 1 unspecified atom stereocenters. The highest BCUT2D eigenvalue weighted by molar-refractivity contribution is 6.30. The normalized spacial score (nSPS) is 12.4. The van der Waals surface area contributed by atoms with E-state index in [1.807, 2.05) is 12.1 Å². The zero-order valence-corrected chi connectivity index (χ0v) is 13.1. The van der Waals surface area contributed by atoms with Gasteiger partial charge in [0.2, 0.25) is 0 Å². The largest absolute Gasteiger partial charge is 0.382 e. The molecule has 106 valence electrons. The summed E-state index contributed by atoms with van der Waals surface area (Å²) in [5.41, 5.74) is 3.91. The Morgan fingerprint density at radius 3 is 2.25 bits per heavy atom. The maximum absolute atomic E-state index is 5.92. The number of rotatable bonds is 5. The Bertz CT molecular complexity index is 546. The summed E-state index contributed by atoms with van der Waals surface area (Å²) < 4.78 is 0. The zero-order chi connectivity index (χ0) is 14.5. The van der Waals surface area contributed by atoms with Gasteiger partial charge >= 0.3 is 0 Å². The first kappa shape index (κ1) is 14.9. The van der Waals surface area contributed by atoms with Crippen LogP contribution in [0.15, 0.2) is 48.5 Å². The minimum absolute atomic E-state index is 0.385. The molecule has 1 nitrogen and oxygen atoms in total. The van der Waals surface area contributed by atoms with Crippen molar-refractivity contribution in [2.45, 2.75) is 39.2 Å². The van der Waals surface area contributed by atoms with Crippen molar-refractivity contribution in [3.05, 3.63) is 64.7 Å². The van der Waals surface area contributed by atoms with E-state index in [1.165, 1.54) is 16.8 Å². The van der Waals surface area contributed by atoms with Crippen molar-refractivity contribution in [1.82, 2.24) is 0 Å². The molecule has 0 spiro atoms. The molecule has 1 N–H and O–H groups in total. The Morgan fingerprint density at radius 1 is 0.950 bits per heavy atom. The van der Waals surface area contributed by atoms with Gasteiger partial charge in [0.25, 0.3) is 0 Å². The Labute approximate surface area is 127 Å². The lowest BCUT2D eigenvalue weighted by Gasteiger charge is -2.20. The molecule has 2 rings (SSSR count). The molecule has 1 atom stereocenters. The van der Waals surface area contributed by atoms with Crippen LogP contribution in [0.25, 0.3) is 0 Å². The van der Waals surface area contributed by atoms with Crippen LogP contribution >= 0.6 is 11.6 Å². The summed E-state index contributed by atoms with van der Waals surface area (Å²) in [7, 11) is 0. The van der Waals surface area contributed by atoms with Crippen LogP contribution < -0.4 is 5.32 Å². The fraction of sp³-hybridized carbons (Fsp3) is 0.333. The number of nitrogens with one attached hydrogen (secondary N) is 1. The predicted octanol–water partition coefficient (Wildman–Crippen LogP) is 5.51. The Hall–Kier alpha value is -1.47. The molecule has 0 aliphatic heterocycles. The standard InChI is InChI=1S/C18H22ClN/c1-13(2)17-6-4-5-7-18(17)20-14(3)12-15-8-10-16(19)11-9-15/h4-11,13-14,20H,12H2,1-3H3. The molecule has 0 aromatic heterocycles. The van der Waals surface area contributed by atoms with Crippen molar-refractivity contribution in [3.8, 4) is 0 Å². The number of hydrogen-bond donors (Lipinski definition) is 1. The first-order valence-electron chi connectivity index (χ1n) is 7.16. The van der Waals surface area contributed by atoms with Gasteiger partial charge in [0.05, 0.1) is 0 Å². The maximum atomic E-state index is 5.92. The highest BCUT2D eigenvalue weighted by Crippen LogP contribution is 2.24. The third kappa shape index (κ3) is 4.01. The lowest BCUT2D eigenvalue weighted by atomic mass is 10.00. The number of para-hydroxylation sites is 1. The van der Waals surface area contributed by atoms with Crippen LogP contribution in [0, 0.1) is 0 Å². The molecule has 0 saturated carbocycles. The summed E-state index contributed by atoms with van der Waals surface area (Å²) in [4.78, 5) is 0. The SMILES string of the molecule is CC(Cc1ccc(Cl)cc1)Nc1ccccc1C(C)C. The summed E-state index contributed by atoms with van der Waals surface area (Å²) in [6.07, 6.45) is 0.990. The molecular formula is C18H22ClN. The molecule has 2 aromatic carbocycles. The van der Waals surface area contributed by atoms with Crippen molar-refractivity contribution < 1.29 is 0 Å². The minimum atomic E-state index is 0.385. The quantitative estimate of drug-likeness (QED) is 0.765. The van der Waals surface area contributed by atoms with Gasteiger partial charge in [-0.1, -0.05) is 55.8 Å². The van der Waals surface area contributed by atoms with E-state index < -0.39 is 0 Å². The van der Waals surface area contributed by atoms with Crippen molar-refractivity contribution in [1.29, 1.82) is 0 Å². The molecular weight excluding hydrogens is 266 g/mol. The van der Waals surface area contributed by atoms with E-state index in [1.54, 1.807) is 0 Å². The van der Waals surface area contributed by atoms with Crippen LogP contribution in [0.1, 0.15) is 37.8 Å². The van der Waals surface area contributed by atoms with Gasteiger partial charge in [0.1, 0.15) is 0 Å². The molecule has 20 heavy (non-hydrogen) atoms. The molecule has 0 amide bonds. The van der Waals surface area contributed by atoms with E-state index in [2.05, 4.69) is 62.5 Å². The third-order valence-electron chi connectivity index (χ3n) is 3.44. The van der Waals surface area contributed by atoms with E-state index in [4.69, 9.17) is 11.6 Å². The second-order valence-corrected chi connectivity index (χ2v) is 6.05. The number of benzene rings is 2. The molecule has 2 aromatic rings. The maximum Gasteiger partial charge on any atom is 0.0406 e. The number of hydrogen-bond acceptors (Lipinski definition) is 1. The van der Waals surface area contributed by atoms with E-state index >= 15 is 0 Å². The Balaban J connectivity index is 2.04. The van der Waals surface area contributed by atoms with Crippen LogP contribution in [0.3, 0.4) is 0 Å². The van der Waals surface area contributed by atoms with Crippen molar-refractivity contribution >= 4 is 17.3 Å². The lowest BCUT2D eigenvalue weighted by molar-refractivity contribution is 0.781. The Morgan fingerprint density at radius 2 is 1.60 bits per heavy atom. The van der Waals surface area contributed by atoms with Gasteiger partial charge in [0.15, 0.2) is 0 Å². The highest BCUT2D eigenvalue weighted by atomic mass is 35.5. The molecule has 0 bridgehead atoms. The molecule has 0 aliphatic carbocycles. The van der Waals surface area contributed by atoms with Crippen LogP contribution in [-0.2, 0) is 6.42 Å². The highest BCUT2D eigenvalue weighted by Gasteiger charge is 2.09. The van der Waals surface area contributed by atoms with E-state index in [0.29, 0.717) is 12.0 Å². The zero-order valence-electron chi connectivity index (χ0n) is 12.4. The topological polar surface area (TPSA) is 12.0 Å². The smallest absolute Gasteiger partial charge is 0.0406 e. The van der Waals surface area contributed by atoms with Crippen molar-refractivity contribution in [3.63, 3.8) is 0 Å². The first-order chi connectivity index (χ1) is 9.56. The minimum Gasteiger partial charge on any atom is -0.382 e. The summed E-state index contributed by atoms with van der Waals surface area (Å²) in [6.45, 7) is 6.67. The van der Waals surface area contributed by atoms with Gasteiger partial charge in [-0.05, 0) is 48.6 Å².